The quantitative estimate of drug-likeness (QED) is 0.0256. The average molecular weight is 1630 g/mol. The predicted molar refractivity (Wildman–Crippen MR) is 424 cm³/mol. The zero-order valence-electron chi connectivity index (χ0n) is 62.4. The number of anilines is 1. The van der Waals surface area contributed by atoms with Gasteiger partial charge in [-0.05, 0) is 167 Å². The fourth-order valence-electron chi connectivity index (χ4n) is 12.2. The lowest BCUT2D eigenvalue weighted by Gasteiger charge is -2.03. The molecule has 3 aliphatic rings. The number of nitrogens with one attached hydrogen (secondary N) is 6. The predicted octanol–water partition coefficient (Wildman–Crippen LogP) is 7.78. The third-order valence-electron chi connectivity index (χ3n) is 18.1. The van der Waals surface area contributed by atoms with Gasteiger partial charge in [0, 0.05) is 63.7 Å². The van der Waals surface area contributed by atoms with E-state index in [9.17, 15) is 31.2 Å². The molecule has 47 heteroatoms. The van der Waals surface area contributed by atoms with Crippen LogP contribution in [-0.2, 0) is 79.1 Å². The molecule has 0 atom stereocenters. The Morgan fingerprint density at radius 2 is 0.916 bits per heavy atom. The number of fused-ring (bicyclic) bond motifs is 7. The number of tetrazole rings is 4. The van der Waals surface area contributed by atoms with Gasteiger partial charge in [-0.3, -0.25) is 5.10 Å². The van der Waals surface area contributed by atoms with Gasteiger partial charge in [0.05, 0.1) is 80.1 Å². The van der Waals surface area contributed by atoms with Crippen molar-refractivity contribution in [1.29, 1.82) is 0 Å². The van der Waals surface area contributed by atoms with E-state index in [0.29, 0.717) is 119 Å². The number of ether oxygens (including phenoxy) is 1. The summed E-state index contributed by atoms with van der Waals surface area (Å²) in [4.78, 5) is 19.1. The Bertz CT molecular complexity index is 6470. The van der Waals surface area contributed by atoms with Crippen molar-refractivity contribution in [3.63, 3.8) is 0 Å². The first kappa shape index (κ1) is 77.9. The summed E-state index contributed by atoms with van der Waals surface area (Å²) in [7, 11) is 0. The molecule has 46 nitrogen and oxygen atoms in total. The lowest BCUT2D eigenvalue weighted by atomic mass is 10.0. The molecule has 0 amide bonds. The molecule has 11 aromatic heterocycles. The van der Waals surface area contributed by atoms with Gasteiger partial charge in [0.1, 0.15) is 51.0 Å². The lowest BCUT2D eigenvalue weighted by Crippen LogP contribution is -2.01. The van der Waals surface area contributed by atoms with E-state index in [-0.39, 0.29) is 0 Å². The van der Waals surface area contributed by atoms with Crippen LogP contribution in [0.4, 0.5) is 5.69 Å². The standard InChI is InChI=1S/C12H11N3O2S.C12H11N3O2.C10H10N6O2.C10H10N6.C10H9N5O.2C9H9N7O/c16-15-11-4-2-8(5-9(11)7-13-15)1-3-10-6-12(18)17-14-10;1-8-4-11(14-17-8)6-9-2-3-12-10(5-9)7-13-15(12)16;17-16-9-2-1-7(3-8(9)4-11-16)5-18-6-10-12-14-15-13-10;1-3-9-8(6-11-12-9)5-7(1)2-4-10-13-15-16-14-10;16-15-9-2-1-7(3-8(9)5-13-15)4-10-11-6-12-14-10;17-16-8-3-1-6(5-7(8)10-15-16)2-4-9-11-13-14-12-9;17-16-8-2-1-7(3-6(8)4-11-16)10-5-9-12-14-15-13-9/h2,4-5,7,16H,1,3,6H2;2-3,5,7,16H,1,4,6H2;1-4,17H,5-6H2,(H,12,13,14,15);1,3,5-6H,2,4H2,(H,11,12)(H,13,14,15,16);1-3,5,16H,4,6H2;1,3,5,17H,2,4H2,(H,11,12,13,14);1-4,10,17H,5H2,(H,12,13,14,15). The Balaban J connectivity index is 0.000000108. The second-order valence-electron chi connectivity index (χ2n) is 26.3. The number of allylic oxidation sites excluding steroid dienone is 1. The average Bonchev–Trinajstić information content (AvgIpc) is 1.72. The van der Waals surface area contributed by atoms with Gasteiger partial charge in [0.15, 0.2) is 35.8 Å². The molecule has 0 saturated heterocycles. The maximum atomic E-state index is 9.39. The Kier molecular flexibility index (Phi) is 24.3. The summed E-state index contributed by atoms with van der Waals surface area (Å²) in [6, 6.07) is 40.2. The van der Waals surface area contributed by atoms with Crippen molar-refractivity contribution >= 4 is 117 Å². The largest absolute Gasteiger partial charge is 0.411 e. The summed E-state index contributed by atoms with van der Waals surface area (Å²) in [5.41, 5.74) is 15.3. The Labute approximate surface area is 672 Å². The van der Waals surface area contributed by atoms with Gasteiger partial charge >= 0.3 is 0 Å². The van der Waals surface area contributed by atoms with Crippen molar-refractivity contribution < 1.29 is 45.7 Å². The minimum absolute atomic E-state index is 0.299. The summed E-state index contributed by atoms with van der Waals surface area (Å²) in [6.45, 7) is 5.37. The fraction of sp³-hybridized carbons (Fsp3) is 0.194. The van der Waals surface area contributed by atoms with E-state index in [0.717, 1.165) is 156 Å². The van der Waals surface area contributed by atoms with E-state index in [1.165, 1.54) is 11.1 Å². The van der Waals surface area contributed by atoms with E-state index < -0.39 is 0 Å². The normalized spacial score (nSPS) is 12.7. The topological polar surface area (TPSA) is 589 Å². The number of hydrogen-bond acceptors (Lipinski definition) is 36. The number of aromatic nitrogens is 31. The van der Waals surface area contributed by atoms with E-state index in [2.05, 4.69) is 178 Å². The highest BCUT2D eigenvalue weighted by Gasteiger charge is 2.17. The molecule has 21 rings (SSSR count). The number of oxime groups is 2. The van der Waals surface area contributed by atoms with Crippen LogP contribution in [0.25, 0.3) is 76.5 Å². The molecule has 0 saturated carbocycles. The molecular weight excluding hydrogens is 1560 g/mol. The van der Waals surface area contributed by atoms with Crippen LogP contribution < -0.4 is 5.32 Å². The highest BCUT2D eigenvalue weighted by atomic mass is 32.1. The van der Waals surface area contributed by atoms with Crippen molar-refractivity contribution in [3.05, 3.63) is 234 Å². The van der Waals surface area contributed by atoms with Gasteiger partial charge in [-0.2, -0.15) is 31.1 Å². The highest BCUT2D eigenvalue weighted by molar-refractivity contribution is 7.80. The molecule has 0 fully saturated rings. The summed E-state index contributed by atoms with van der Waals surface area (Å²) in [5, 5.41) is 168. The molecule has 0 bridgehead atoms. The minimum atomic E-state index is 0.299. The zero-order chi connectivity index (χ0) is 81.8. The number of amidine groups is 1. The van der Waals surface area contributed by atoms with Crippen LogP contribution in [0.2, 0.25) is 0 Å². The van der Waals surface area contributed by atoms with Crippen molar-refractivity contribution in [1.82, 2.24) is 158 Å². The monoisotopic (exact) mass is 1630 g/mol. The van der Waals surface area contributed by atoms with Crippen LogP contribution in [0.5, 0.6) is 0 Å². The maximum Gasteiger partial charge on any atom is 0.203 e. The molecule has 14 heterocycles. The number of hydrogen-bond donors (Lipinski definition) is 12. The van der Waals surface area contributed by atoms with Crippen molar-refractivity contribution in [2.45, 2.75) is 84.0 Å². The van der Waals surface area contributed by atoms with E-state index in [1.54, 1.807) is 49.2 Å². The van der Waals surface area contributed by atoms with Gasteiger partial charge in [0.2, 0.25) is 5.05 Å². The molecule has 7 aromatic carbocycles. The summed E-state index contributed by atoms with van der Waals surface area (Å²) in [5.74, 6) is 3.95. The van der Waals surface area contributed by atoms with Crippen LogP contribution in [0.3, 0.4) is 0 Å². The van der Waals surface area contributed by atoms with Gasteiger partial charge in [-0.25, -0.2) is 4.99 Å². The molecule has 602 valence electrons. The third-order valence-corrected chi connectivity index (χ3v) is 18.3. The van der Waals surface area contributed by atoms with Gasteiger partial charge < -0.3 is 51.0 Å². The van der Waals surface area contributed by atoms with Crippen molar-refractivity contribution in [2.24, 2.45) is 25.5 Å². The summed E-state index contributed by atoms with van der Waals surface area (Å²) < 4.78 is 5.45. The molecule has 0 unspecified atom stereocenters. The van der Waals surface area contributed by atoms with Crippen LogP contribution in [0, 0.1) is 0 Å². The minimum Gasteiger partial charge on any atom is -0.411 e. The number of benzene rings is 7. The van der Waals surface area contributed by atoms with Crippen molar-refractivity contribution in [2.75, 3.05) is 12.0 Å². The first-order valence-electron chi connectivity index (χ1n) is 36.2. The molecule has 12 N–H and O–H groups in total. The first-order chi connectivity index (χ1) is 58.2. The van der Waals surface area contributed by atoms with Gasteiger partial charge in [-0.15, -0.1) is 101 Å². The lowest BCUT2D eigenvalue weighted by molar-refractivity contribution is 0.102. The van der Waals surface area contributed by atoms with Gasteiger partial charge in [0.25, 0.3) is 0 Å². The Morgan fingerprint density at radius 3 is 1.45 bits per heavy atom. The summed E-state index contributed by atoms with van der Waals surface area (Å²) >= 11 is 4.92. The number of rotatable bonds is 20. The van der Waals surface area contributed by atoms with E-state index >= 15 is 0 Å². The molecule has 0 spiro atoms. The van der Waals surface area contributed by atoms with E-state index in [1.807, 2.05) is 103 Å². The number of aromatic amines is 5. The van der Waals surface area contributed by atoms with Crippen LogP contribution in [-0.4, -0.2) is 218 Å². The fourth-order valence-corrected chi connectivity index (χ4v) is 12.4. The number of aryl methyl sites for hydroxylation is 5. The maximum absolute atomic E-state index is 9.39. The second-order valence-corrected chi connectivity index (χ2v) is 26.8. The van der Waals surface area contributed by atoms with Crippen LogP contribution >= 0.6 is 12.2 Å². The smallest absolute Gasteiger partial charge is 0.203 e. The molecule has 119 heavy (non-hydrogen) atoms. The summed E-state index contributed by atoms with van der Waals surface area (Å²) in [6.07, 6.45) is 17.5. The number of azo groups is 1. The molecular formula is C72H69N37O9S. The SMILES string of the molecule is C=C1CC(Cc2ccc3c(cnn3O)c2)=NO1.On1ncc2cc(CC3=NCN=N3)ccc21.On1ncc2cc(CCC3=NOC(=S)C3)ccc21.On1ncc2cc(COCc3nn[nH]n3)ccc21.On1ncc2cc(NCc3nn[nH]n3)ccc21.On1nnc2cc(CCc3nn[nH]n3)ccc21.c1cc2[nH]ncc2cc1CCc1nn[nH]n1. The Morgan fingerprint density at radius 1 is 0.437 bits per heavy atom. The van der Waals surface area contributed by atoms with E-state index in [4.69, 9.17) is 26.6 Å². The second kappa shape index (κ2) is 37.1. The third kappa shape index (κ3) is 20.5. The number of H-pyrrole nitrogens is 5. The van der Waals surface area contributed by atoms with Crippen LogP contribution in [0.1, 0.15) is 75.9 Å². The van der Waals surface area contributed by atoms with Gasteiger partial charge in [-0.1, -0.05) is 79.0 Å². The highest BCUT2D eigenvalue weighted by Crippen LogP contribution is 2.24. The first-order valence-corrected chi connectivity index (χ1v) is 36.6. The number of aliphatic imine (C=N–C) groups is 1. The number of nitrogens with zero attached hydrogens (tertiary/aromatic N) is 31. The van der Waals surface area contributed by atoms with Crippen molar-refractivity contribution in [3.8, 4) is 0 Å². The number of thiocarbonyl (C=S) groups is 1. The zero-order valence-corrected chi connectivity index (χ0v) is 63.2. The molecule has 0 radical (unpaired) electrons. The van der Waals surface area contributed by atoms with Crippen LogP contribution in [0.15, 0.2) is 202 Å². The Hall–Kier alpha value is -16.4. The molecule has 3 aliphatic heterocycles. The molecule has 0 aliphatic carbocycles. The molecule has 18 aromatic rings.